The van der Waals surface area contributed by atoms with E-state index in [4.69, 9.17) is 23.2 Å². The molecule has 0 atom stereocenters. The Labute approximate surface area is 149 Å². The maximum absolute atomic E-state index is 13.3. The lowest BCUT2D eigenvalue weighted by Gasteiger charge is -2.06. The van der Waals surface area contributed by atoms with Crippen LogP contribution >= 0.6 is 34.5 Å². The fourth-order valence-electron chi connectivity index (χ4n) is 2.05. The highest BCUT2D eigenvalue weighted by Crippen LogP contribution is 2.42. The van der Waals surface area contributed by atoms with Crippen molar-refractivity contribution in [3.63, 3.8) is 0 Å². The van der Waals surface area contributed by atoms with Crippen molar-refractivity contribution in [3.05, 3.63) is 64.3 Å². The number of alkyl halides is 3. The van der Waals surface area contributed by atoms with Crippen molar-refractivity contribution in [2.45, 2.75) is 6.18 Å². The first-order chi connectivity index (χ1) is 11.3. The van der Waals surface area contributed by atoms with Crippen LogP contribution < -0.4 is 5.32 Å². The number of thiazole rings is 1. The Bertz CT molecular complexity index is 861. The van der Waals surface area contributed by atoms with E-state index in [9.17, 15) is 13.2 Å². The minimum absolute atomic E-state index is 0.0312. The van der Waals surface area contributed by atoms with Crippen LogP contribution in [0.4, 0.5) is 24.0 Å². The third-order valence-electron chi connectivity index (χ3n) is 3.08. The Morgan fingerprint density at radius 3 is 2.29 bits per heavy atom. The van der Waals surface area contributed by atoms with Crippen molar-refractivity contribution in [2.75, 3.05) is 5.32 Å². The highest BCUT2D eigenvalue weighted by Gasteiger charge is 2.38. The number of aromatic nitrogens is 1. The first-order valence-corrected chi connectivity index (χ1v) is 8.27. The molecule has 0 radical (unpaired) electrons. The lowest BCUT2D eigenvalue weighted by molar-refractivity contribution is -0.140. The first-order valence-electron chi connectivity index (χ1n) is 6.69. The molecule has 8 heteroatoms. The van der Waals surface area contributed by atoms with Gasteiger partial charge >= 0.3 is 6.18 Å². The number of benzene rings is 2. The van der Waals surface area contributed by atoms with Crippen LogP contribution in [0.2, 0.25) is 10.0 Å². The number of anilines is 2. The average molecular weight is 389 g/mol. The zero-order valence-corrected chi connectivity index (χ0v) is 14.2. The molecule has 24 heavy (non-hydrogen) atoms. The molecular weight excluding hydrogens is 380 g/mol. The van der Waals surface area contributed by atoms with E-state index in [0.717, 1.165) is 11.3 Å². The summed E-state index contributed by atoms with van der Waals surface area (Å²) >= 11 is 12.6. The SMILES string of the molecule is FC(F)(F)c1nc(Nc2cccc(Cl)c2)sc1-c1ccc(Cl)cc1. The lowest BCUT2D eigenvalue weighted by Crippen LogP contribution is -2.07. The normalized spacial score (nSPS) is 11.5. The van der Waals surface area contributed by atoms with Crippen molar-refractivity contribution in [2.24, 2.45) is 0 Å². The van der Waals surface area contributed by atoms with Gasteiger partial charge in [-0.15, -0.1) is 0 Å². The highest BCUT2D eigenvalue weighted by molar-refractivity contribution is 7.19. The molecule has 3 aromatic rings. The molecular formula is C16H9Cl2F3N2S. The summed E-state index contributed by atoms with van der Waals surface area (Å²) in [5, 5.41) is 3.92. The molecule has 1 aromatic heterocycles. The highest BCUT2D eigenvalue weighted by atomic mass is 35.5. The zero-order valence-electron chi connectivity index (χ0n) is 11.9. The summed E-state index contributed by atoms with van der Waals surface area (Å²) in [5.41, 5.74) is 0.0374. The van der Waals surface area contributed by atoms with E-state index < -0.39 is 11.9 Å². The molecule has 1 N–H and O–H groups in total. The van der Waals surface area contributed by atoms with Gasteiger partial charge in [0.1, 0.15) is 0 Å². The minimum atomic E-state index is -4.56. The Balaban J connectivity index is 2.02. The topological polar surface area (TPSA) is 24.9 Å². The molecule has 3 rings (SSSR count). The van der Waals surface area contributed by atoms with Crippen molar-refractivity contribution in [1.82, 2.24) is 4.98 Å². The Hall–Kier alpha value is -1.76. The third-order valence-corrected chi connectivity index (χ3v) is 4.58. The summed E-state index contributed by atoms with van der Waals surface area (Å²) in [6, 6.07) is 12.8. The second kappa shape index (κ2) is 6.63. The van der Waals surface area contributed by atoms with Crippen molar-refractivity contribution < 1.29 is 13.2 Å². The van der Waals surface area contributed by atoms with Crippen LogP contribution in [0.5, 0.6) is 0 Å². The van der Waals surface area contributed by atoms with Gasteiger partial charge in [0, 0.05) is 15.7 Å². The van der Waals surface area contributed by atoms with E-state index in [1.54, 1.807) is 36.4 Å². The summed E-state index contributed by atoms with van der Waals surface area (Å²) < 4.78 is 39.9. The molecule has 0 aliphatic rings. The van der Waals surface area contributed by atoms with Crippen LogP contribution in [0.15, 0.2) is 48.5 Å². The standard InChI is InChI=1S/C16H9Cl2F3N2S/c17-10-6-4-9(5-7-10)13-14(16(19,20)21)23-15(24-13)22-12-3-1-2-11(18)8-12/h1-8H,(H,22,23). The predicted octanol–water partition coefficient (Wildman–Crippen LogP) is 6.88. The second-order valence-electron chi connectivity index (χ2n) is 4.84. The van der Waals surface area contributed by atoms with Crippen LogP contribution in [0.25, 0.3) is 10.4 Å². The zero-order chi connectivity index (χ0) is 17.3. The van der Waals surface area contributed by atoms with Crippen LogP contribution in [-0.2, 0) is 6.18 Å². The van der Waals surface area contributed by atoms with Crippen molar-refractivity contribution in [3.8, 4) is 10.4 Å². The van der Waals surface area contributed by atoms with Crippen LogP contribution in [-0.4, -0.2) is 4.98 Å². The summed E-state index contributed by atoms with van der Waals surface area (Å²) in [4.78, 5) is 3.74. The number of nitrogens with one attached hydrogen (secondary N) is 1. The molecule has 1 heterocycles. The number of hydrogen-bond acceptors (Lipinski definition) is 3. The molecule has 0 aliphatic carbocycles. The summed E-state index contributed by atoms with van der Waals surface area (Å²) in [7, 11) is 0. The van der Waals surface area contributed by atoms with Gasteiger partial charge in [-0.1, -0.05) is 52.7 Å². The van der Waals surface area contributed by atoms with E-state index in [1.807, 2.05) is 0 Å². The van der Waals surface area contributed by atoms with Gasteiger partial charge in [0.15, 0.2) is 10.8 Å². The Kier molecular flexibility index (Phi) is 4.71. The summed E-state index contributed by atoms with van der Waals surface area (Å²) in [6.45, 7) is 0. The van der Waals surface area contributed by atoms with Gasteiger partial charge in [-0.2, -0.15) is 13.2 Å². The van der Waals surface area contributed by atoms with Crippen LogP contribution in [0.3, 0.4) is 0 Å². The van der Waals surface area contributed by atoms with Gasteiger partial charge in [-0.25, -0.2) is 4.98 Å². The molecule has 0 bridgehead atoms. The number of rotatable bonds is 3. The van der Waals surface area contributed by atoms with E-state index in [1.165, 1.54) is 12.1 Å². The Morgan fingerprint density at radius 2 is 1.67 bits per heavy atom. The molecule has 2 nitrogen and oxygen atoms in total. The van der Waals surface area contributed by atoms with Crippen LogP contribution in [0, 0.1) is 0 Å². The predicted molar refractivity (Wildman–Crippen MR) is 92.3 cm³/mol. The van der Waals surface area contributed by atoms with Gasteiger partial charge in [0.2, 0.25) is 0 Å². The van der Waals surface area contributed by atoms with Gasteiger partial charge in [0.25, 0.3) is 0 Å². The van der Waals surface area contributed by atoms with Gasteiger partial charge in [-0.3, -0.25) is 0 Å². The minimum Gasteiger partial charge on any atom is -0.331 e. The molecule has 0 fully saturated rings. The van der Waals surface area contributed by atoms with E-state index >= 15 is 0 Å². The van der Waals surface area contributed by atoms with E-state index in [2.05, 4.69) is 10.3 Å². The van der Waals surface area contributed by atoms with Crippen LogP contribution in [0.1, 0.15) is 5.69 Å². The smallest absolute Gasteiger partial charge is 0.331 e. The molecule has 2 aromatic carbocycles. The van der Waals surface area contributed by atoms with E-state index in [0.29, 0.717) is 21.3 Å². The van der Waals surface area contributed by atoms with Crippen molar-refractivity contribution in [1.29, 1.82) is 0 Å². The lowest BCUT2D eigenvalue weighted by atomic mass is 10.1. The fourth-order valence-corrected chi connectivity index (χ4v) is 3.38. The maximum Gasteiger partial charge on any atom is 0.434 e. The molecule has 0 amide bonds. The number of halogens is 5. The summed E-state index contributed by atoms with van der Waals surface area (Å²) in [6.07, 6.45) is -4.56. The molecule has 0 unspecified atom stereocenters. The molecule has 124 valence electrons. The first kappa shape index (κ1) is 17.1. The van der Waals surface area contributed by atoms with Gasteiger partial charge < -0.3 is 5.32 Å². The van der Waals surface area contributed by atoms with Gasteiger partial charge in [-0.05, 0) is 35.9 Å². The second-order valence-corrected chi connectivity index (χ2v) is 6.71. The number of hydrogen-bond donors (Lipinski definition) is 1. The molecule has 0 saturated heterocycles. The quantitative estimate of drug-likeness (QED) is 0.528. The summed E-state index contributed by atoms with van der Waals surface area (Å²) in [5.74, 6) is 0. The molecule has 0 saturated carbocycles. The van der Waals surface area contributed by atoms with Crippen molar-refractivity contribution >= 4 is 45.4 Å². The Morgan fingerprint density at radius 1 is 0.958 bits per heavy atom. The average Bonchev–Trinajstić information content (AvgIpc) is 2.92. The largest absolute Gasteiger partial charge is 0.434 e. The molecule has 0 aliphatic heterocycles. The maximum atomic E-state index is 13.3. The molecule has 0 spiro atoms. The van der Waals surface area contributed by atoms with Gasteiger partial charge in [0.05, 0.1) is 4.88 Å². The fraction of sp³-hybridized carbons (Fsp3) is 0.0625. The number of nitrogens with zero attached hydrogens (tertiary/aromatic N) is 1. The van der Waals surface area contributed by atoms with E-state index in [-0.39, 0.29) is 10.0 Å². The monoisotopic (exact) mass is 388 g/mol. The third kappa shape index (κ3) is 3.83.